The zero-order valence-electron chi connectivity index (χ0n) is 10.0. The van der Waals surface area contributed by atoms with Crippen molar-refractivity contribution in [1.82, 2.24) is 5.32 Å². The molecule has 6 heteroatoms. The van der Waals surface area contributed by atoms with Gasteiger partial charge in [0.25, 0.3) is 0 Å². The Morgan fingerprint density at radius 1 is 1.44 bits per heavy atom. The second kappa shape index (κ2) is 4.70. The van der Waals surface area contributed by atoms with Crippen LogP contribution in [0.1, 0.15) is 28.3 Å². The monoisotopic (exact) mass is 269 g/mol. The van der Waals surface area contributed by atoms with Crippen molar-refractivity contribution in [3.8, 4) is 0 Å². The van der Waals surface area contributed by atoms with E-state index in [0.717, 1.165) is 19.2 Å². The smallest absolute Gasteiger partial charge is 0.336 e. The van der Waals surface area contributed by atoms with Crippen LogP contribution in [0.5, 0.6) is 0 Å². The van der Waals surface area contributed by atoms with E-state index in [1.165, 1.54) is 18.2 Å². The van der Waals surface area contributed by atoms with Gasteiger partial charge in [0, 0.05) is 12.8 Å². The Morgan fingerprint density at radius 2 is 2.17 bits per heavy atom. The van der Waals surface area contributed by atoms with Gasteiger partial charge in [0.1, 0.15) is 0 Å². The molecule has 5 nitrogen and oxygen atoms in total. The molecule has 1 heterocycles. The average Bonchev–Trinajstić information content (AvgIpc) is 2.79. The third-order valence-electron chi connectivity index (χ3n) is 3.16. The van der Waals surface area contributed by atoms with Crippen molar-refractivity contribution < 1.29 is 18.3 Å². The van der Waals surface area contributed by atoms with Gasteiger partial charge in [-0.3, -0.25) is 0 Å². The lowest BCUT2D eigenvalue weighted by atomic mass is 9.93. The Hall–Kier alpha value is -1.40. The number of aromatic carboxylic acids is 1. The summed E-state index contributed by atoms with van der Waals surface area (Å²) >= 11 is 0. The molecular formula is C12H15NO4S. The van der Waals surface area contributed by atoms with Gasteiger partial charge in [0.05, 0.1) is 10.5 Å². The van der Waals surface area contributed by atoms with Gasteiger partial charge in [-0.05, 0) is 36.6 Å². The van der Waals surface area contributed by atoms with Gasteiger partial charge in [-0.1, -0.05) is 6.07 Å². The minimum absolute atomic E-state index is 0.0537. The summed E-state index contributed by atoms with van der Waals surface area (Å²) in [7, 11) is -3.42. The molecular weight excluding hydrogens is 254 g/mol. The van der Waals surface area contributed by atoms with Crippen molar-refractivity contribution >= 4 is 15.8 Å². The molecule has 0 aromatic heterocycles. The van der Waals surface area contributed by atoms with Gasteiger partial charge in [-0.15, -0.1) is 0 Å². The first-order chi connectivity index (χ1) is 8.41. The minimum Gasteiger partial charge on any atom is -0.478 e. The number of carboxylic acids is 1. The van der Waals surface area contributed by atoms with E-state index in [2.05, 4.69) is 5.32 Å². The van der Waals surface area contributed by atoms with Crippen molar-refractivity contribution in [1.29, 1.82) is 0 Å². The Balaban J connectivity index is 2.67. The van der Waals surface area contributed by atoms with Crippen molar-refractivity contribution in [3.05, 3.63) is 29.3 Å². The lowest BCUT2D eigenvalue weighted by molar-refractivity contribution is 0.0695. The van der Waals surface area contributed by atoms with E-state index in [-0.39, 0.29) is 16.4 Å². The lowest BCUT2D eigenvalue weighted by Gasteiger charge is -2.16. The summed E-state index contributed by atoms with van der Waals surface area (Å²) in [6, 6.07) is 4.42. The molecule has 1 aliphatic rings. The predicted molar refractivity (Wildman–Crippen MR) is 66.7 cm³/mol. The summed E-state index contributed by atoms with van der Waals surface area (Å²) in [5.74, 6) is -1.13. The van der Waals surface area contributed by atoms with Crippen LogP contribution < -0.4 is 5.32 Å². The Labute approximate surface area is 106 Å². The third-order valence-corrected chi connectivity index (χ3v) is 4.32. The second-order valence-corrected chi connectivity index (χ2v) is 6.47. The maximum absolute atomic E-state index is 11.8. The fraction of sp³-hybridized carbons (Fsp3) is 0.417. The summed E-state index contributed by atoms with van der Waals surface area (Å²) < 4.78 is 23.5. The molecule has 0 radical (unpaired) electrons. The maximum atomic E-state index is 11.8. The van der Waals surface area contributed by atoms with Gasteiger partial charge < -0.3 is 10.4 Å². The van der Waals surface area contributed by atoms with Crippen molar-refractivity contribution in [3.63, 3.8) is 0 Å². The summed E-state index contributed by atoms with van der Waals surface area (Å²) in [6.07, 6.45) is 1.87. The Kier molecular flexibility index (Phi) is 3.41. The van der Waals surface area contributed by atoms with E-state index >= 15 is 0 Å². The Morgan fingerprint density at radius 3 is 2.67 bits per heavy atom. The molecule has 2 rings (SSSR count). The van der Waals surface area contributed by atoms with Gasteiger partial charge in [-0.2, -0.15) is 0 Å². The minimum atomic E-state index is -3.42. The molecule has 98 valence electrons. The summed E-state index contributed by atoms with van der Waals surface area (Å²) in [5, 5.41) is 12.3. The van der Waals surface area contributed by atoms with E-state index in [0.29, 0.717) is 12.1 Å². The Bertz CT molecular complexity index is 574. The molecule has 0 amide bonds. The van der Waals surface area contributed by atoms with E-state index < -0.39 is 15.8 Å². The van der Waals surface area contributed by atoms with Crippen LogP contribution in [0, 0.1) is 0 Å². The summed E-state index contributed by atoms with van der Waals surface area (Å²) in [4.78, 5) is 11.4. The zero-order valence-corrected chi connectivity index (χ0v) is 10.8. The van der Waals surface area contributed by atoms with E-state index in [9.17, 15) is 18.3 Å². The highest BCUT2D eigenvalue weighted by Gasteiger charge is 2.28. The molecule has 0 bridgehead atoms. The molecule has 2 N–H and O–H groups in total. The molecule has 1 unspecified atom stereocenters. The molecule has 0 saturated carbocycles. The molecule has 1 fully saturated rings. The van der Waals surface area contributed by atoms with Crippen LogP contribution in [-0.2, 0) is 9.84 Å². The standard InChI is InChI=1S/C12H15NO4S/c1-18(16,17)10-4-2-3-9(12(14)15)11(10)8-5-6-13-7-8/h2-4,8,13H,5-7H2,1H3,(H,14,15). The normalized spacial score (nSPS) is 19.9. The molecule has 0 spiro atoms. The van der Waals surface area contributed by atoms with Crippen molar-refractivity contribution in [2.45, 2.75) is 17.2 Å². The number of hydrogen-bond donors (Lipinski definition) is 2. The van der Waals surface area contributed by atoms with Crippen LogP contribution in [0.2, 0.25) is 0 Å². The first kappa shape index (κ1) is 13.0. The van der Waals surface area contributed by atoms with Crippen molar-refractivity contribution in [2.75, 3.05) is 19.3 Å². The third kappa shape index (κ3) is 2.39. The fourth-order valence-electron chi connectivity index (χ4n) is 2.38. The van der Waals surface area contributed by atoms with Gasteiger partial charge in [0.15, 0.2) is 9.84 Å². The highest BCUT2D eigenvalue weighted by atomic mass is 32.2. The van der Waals surface area contributed by atoms with Crippen LogP contribution in [0.15, 0.2) is 23.1 Å². The molecule has 18 heavy (non-hydrogen) atoms. The fourth-order valence-corrected chi connectivity index (χ4v) is 3.38. The number of benzene rings is 1. The predicted octanol–water partition coefficient (Wildman–Crippen LogP) is 0.865. The molecule has 1 saturated heterocycles. The number of hydrogen-bond acceptors (Lipinski definition) is 4. The lowest BCUT2D eigenvalue weighted by Crippen LogP contribution is -2.15. The largest absolute Gasteiger partial charge is 0.478 e. The number of sulfone groups is 1. The first-order valence-corrected chi connectivity index (χ1v) is 7.57. The number of carboxylic acid groups (broad SMARTS) is 1. The van der Waals surface area contributed by atoms with E-state index in [4.69, 9.17) is 0 Å². The van der Waals surface area contributed by atoms with Crippen LogP contribution >= 0.6 is 0 Å². The number of rotatable bonds is 3. The van der Waals surface area contributed by atoms with Gasteiger partial charge in [0.2, 0.25) is 0 Å². The van der Waals surface area contributed by atoms with Crippen LogP contribution in [0.25, 0.3) is 0 Å². The van der Waals surface area contributed by atoms with Crippen LogP contribution in [0.3, 0.4) is 0 Å². The van der Waals surface area contributed by atoms with Crippen LogP contribution in [-0.4, -0.2) is 38.8 Å². The highest BCUT2D eigenvalue weighted by molar-refractivity contribution is 7.90. The maximum Gasteiger partial charge on any atom is 0.336 e. The molecule has 0 aliphatic carbocycles. The average molecular weight is 269 g/mol. The summed E-state index contributed by atoms with van der Waals surface area (Å²) in [5.41, 5.74) is 0.532. The second-order valence-electron chi connectivity index (χ2n) is 4.48. The highest BCUT2D eigenvalue weighted by Crippen LogP contribution is 2.31. The quantitative estimate of drug-likeness (QED) is 0.850. The molecule has 1 atom stereocenters. The number of nitrogens with one attached hydrogen (secondary N) is 1. The van der Waals surface area contributed by atoms with Gasteiger partial charge >= 0.3 is 5.97 Å². The zero-order chi connectivity index (χ0) is 13.3. The van der Waals surface area contributed by atoms with E-state index in [1.807, 2.05) is 0 Å². The topological polar surface area (TPSA) is 83.5 Å². The van der Waals surface area contributed by atoms with Crippen LogP contribution in [0.4, 0.5) is 0 Å². The van der Waals surface area contributed by atoms with Gasteiger partial charge in [-0.25, -0.2) is 13.2 Å². The molecule has 1 aromatic carbocycles. The SMILES string of the molecule is CS(=O)(=O)c1cccc(C(=O)O)c1C1CCNC1. The molecule has 1 aromatic rings. The first-order valence-electron chi connectivity index (χ1n) is 5.68. The summed E-state index contributed by atoms with van der Waals surface area (Å²) in [6.45, 7) is 1.40. The molecule has 1 aliphatic heterocycles. The van der Waals surface area contributed by atoms with Crippen molar-refractivity contribution in [2.24, 2.45) is 0 Å². The van der Waals surface area contributed by atoms with E-state index in [1.54, 1.807) is 0 Å². The number of carbonyl (C=O) groups is 1.